The molecule has 19 heavy (non-hydrogen) atoms. The summed E-state index contributed by atoms with van der Waals surface area (Å²) in [4.78, 5) is 16.6. The van der Waals surface area contributed by atoms with E-state index in [1.165, 1.54) is 0 Å². The number of carbonyl (C=O) groups excluding carboxylic acids is 1. The van der Waals surface area contributed by atoms with Gasteiger partial charge in [0, 0.05) is 13.1 Å². The molecule has 0 unspecified atom stereocenters. The van der Waals surface area contributed by atoms with E-state index in [2.05, 4.69) is 4.90 Å². The lowest BCUT2D eigenvalue weighted by Crippen LogP contribution is -2.52. The van der Waals surface area contributed by atoms with Gasteiger partial charge in [-0.15, -0.1) is 0 Å². The largest absolute Gasteiger partial charge is 0.466 e. The van der Waals surface area contributed by atoms with Gasteiger partial charge in [0.15, 0.2) is 0 Å². The van der Waals surface area contributed by atoms with Gasteiger partial charge in [-0.25, -0.2) is 0 Å². The number of nitrogens with zero attached hydrogens (tertiary/aromatic N) is 2. The van der Waals surface area contributed by atoms with E-state index in [1.807, 2.05) is 38.9 Å². The van der Waals surface area contributed by atoms with Gasteiger partial charge in [0.1, 0.15) is 11.5 Å². The topological polar surface area (TPSA) is 45.9 Å². The van der Waals surface area contributed by atoms with Crippen molar-refractivity contribution in [3.63, 3.8) is 0 Å². The molecule has 5 nitrogen and oxygen atoms in total. The van der Waals surface area contributed by atoms with Crippen LogP contribution in [0, 0.1) is 13.8 Å². The predicted molar refractivity (Wildman–Crippen MR) is 72.4 cm³/mol. The van der Waals surface area contributed by atoms with Crippen LogP contribution < -0.4 is 0 Å². The smallest absolute Gasteiger partial charge is 0.257 e. The first-order valence-electron chi connectivity index (χ1n) is 6.59. The highest BCUT2D eigenvalue weighted by Gasteiger charge is 2.30. The molecule has 0 aromatic carbocycles. The third kappa shape index (κ3) is 3.16. The van der Waals surface area contributed by atoms with Gasteiger partial charge in [-0.1, -0.05) is 0 Å². The fourth-order valence-corrected chi connectivity index (χ4v) is 2.49. The molecule has 1 fully saturated rings. The summed E-state index contributed by atoms with van der Waals surface area (Å²) in [7, 11) is 4.01. The lowest BCUT2D eigenvalue weighted by Gasteiger charge is -2.36. The van der Waals surface area contributed by atoms with Gasteiger partial charge in [-0.05, 0) is 34.0 Å². The van der Waals surface area contributed by atoms with Gasteiger partial charge < -0.3 is 19.0 Å². The number of morpholine rings is 1. The second kappa shape index (κ2) is 5.75. The van der Waals surface area contributed by atoms with E-state index >= 15 is 0 Å². The predicted octanol–water partition coefficient (Wildman–Crippen LogP) is 1.30. The molecule has 1 amide bonds. The molecule has 0 saturated carbocycles. The normalized spacial score (nSPS) is 20.1. The molecule has 0 spiro atoms. The van der Waals surface area contributed by atoms with E-state index in [4.69, 9.17) is 9.15 Å². The Hall–Kier alpha value is -1.33. The fraction of sp³-hybridized carbons (Fsp3) is 0.643. The number of furan rings is 1. The molecule has 1 atom stereocenters. The maximum absolute atomic E-state index is 12.6. The zero-order valence-electron chi connectivity index (χ0n) is 12.1. The van der Waals surface area contributed by atoms with Crippen LogP contribution in [0.3, 0.4) is 0 Å². The van der Waals surface area contributed by atoms with Crippen molar-refractivity contribution in [1.29, 1.82) is 0 Å². The Morgan fingerprint density at radius 3 is 2.79 bits per heavy atom. The van der Waals surface area contributed by atoms with Crippen LogP contribution in [0.1, 0.15) is 21.9 Å². The van der Waals surface area contributed by atoms with Crippen molar-refractivity contribution in [2.24, 2.45) is 0 Å². The molecule has 1 aliphatic rings. The van der Waals surface area contributed by atoms with E-state index in [0.29, 0.717) is 31.1 Å². The summed E-state index contributed by atoms with van der Waals surface area (Å²) in [6.45, 7) is 6.34. The van der Waals surface area contributed by atoms with Gasteiger partial charge >= 0.3 is 0 Å². The highest BCUT2D eigenvalue weighted by atomic mass is 16.5. The summed E-state index contributed by atoms with van der Waals surface area (Å²) in [6.07, 6.45) is 0. The second-order valence-electron chi connectivity index (χ2n) is 5.32. The van der Waals surface area contributed by atoms with Crippen molar-refractivity contribution in [3.05, 3.63) is 23.2 Å². The molecule has 1 aromatic rings. The third-order valence-corrected chi connectivity index (χ3v) is 3.34. The summed E-state index contributed by atoms with van der Waals surface area (Å²) < 4.78 is 10.9. The van der Waals surface area contributed by atoms with Crippen molar-refractivity contribution >= 4 is 5.91 Å². The van der Waals surface area contributed by atoms with Crippen LogP contribution in [0.4, 0.5) is 0 Å². The van der Waals surface area contributed by atoms with Crippen LogP contribution in [0.5, 0.6) is 0 Å². The highest BCUT2D eigenvalue weighted by Crippen LogP contribution is 2.19. The van der Waals surface area contributed by atoms with Gasteiger partial charge in [0.05, 0.1) is 24.8 Å². The standard InChI is InChI=1S/C14H22N2O3/c1-10-7-13(11(2)19-10)14(17)16-5-6-18-9-12(16)8-15(3)4/h7,12H,5-6,8-9H2,1-4H3/t12-/m0/s1. The van der Waals surface area contributed by atoms with Crippen molar-refractivity contribution in [1.82, 2.24) is 9.80 Å². The van der Waals surface area contributed by atoms with Crippen LogP contribution in [0.25, 0.3) is 0 Å². The lowest BCUT2D eigenvalue weighted by molar-refractivity contribution is -0.00838. The molecule has 106 valence electrons. The number of rotatable bonds is 3. The minimum absolute atomic E-state index is 0.0458. The monoisotopic (exact) mass is 266 g/mol. The molecule has 1 aliphatic heterocycles. The molecule has 5 heteroatoms. The molecule has 1 aromatic heterocycles. The SMILES string of the molecule is Cc1cc(C(=O)N2CCOC[C@@H]2CN(C)C)c(C)o1. The Morgan fingerprint density at radius 2 is 2.21 bits per heavy atom. The highest BCUT2D eigenvalue weighted by molar-refractivity contribution is 5.95. The average Bonchev–Trinajstić information content (AvgIpc) is 2.67. The number of hydrogen-bond acceptors (Lipinski definition) is 4. The molecular weight excluding hydrogens is 244 g/mol. The quantitative estimate of drug-likeness (QED) is 0.827. The number of hydrogen-bond donors (Lipinski definition) is 0. The summed E-state index contributed by atoms with van der Waals surface area (Å²) in [5.41, 5.74) is 0.670. The number of likely N-dealkylation sites (N-methyl/N-ethyl adjacent to an activating group) is 1. The molecule has 2 rings (SSSR count). The molecule has 2 heterocycles. The minimum Gasteiger partial charge on any atom is -0.466 e. The Bertz CT molecular complexity index is 454. The summed E-state index contributed by atoms with van der Waals surface area (Å²) in [6, 6.07) is 1.92. The van der Waals surface area contributed by atoms with Crippen LogP contribution in [-0.4, -0.2) is 62.1 Å². The van der Waals surface area contributed by atoms with E-state index in [-0.39, 0.29) is 11.9 Å². The number of amides is 1. The molecular formula is C14H22N2O3. The van der Waals surface area contributed by atoms with Crippen molar-refractivity contribution < 1.29 is 13.9 Å². The summed E-state index contributed by atoms with van der Waals surface area (Å²) in [5, 5.41) is 0. The van der Waals surface area contributed by atoms with Crippen molar-refractivity contribution in [2.75, 3.05) is 40.4 Å². The third-order valence-electron chi connectivity index (χ3n) is 3.34. The first-order chi connectivity index (χ1) is 8.99. The lowest BCUT2D eigenvalue weighted by atomic mass is 10.1. The number of ether oxygens (including phenoxy) is 1. The fourth-order valence-electron chi connectivity index (χ4n) is 2.49. The number of aryl methyl sites for hydroxylation is 2. The Kier molecular flexibility index (Phi) is 4.27. The zero-order chi connectivity index (χ0) is 14.0. The second-order valence-corrected chi connectivity index (χ2v) is 5.32. The average molecular weight is 266 g/mol. The van der Waals surface area contributed by atoms with Crippen LogP contribution in [0.2, 0.25) is 0 Å². The first kappa shape index (κ1) is 14.1. The maximum atomic E-state index is 12.6. The summed E-state index contributed by atoms with van der Waals surface area (Å²) >= 11 is 0. The van der Waals surface area contributed by atoms with E-state index in [9.17, 15) is 4.79 Å². The van der Waals surface area contributed by atoms with Gasteiger partial charge in [0.2, 0.25) is 0 Å². The van der Waals surface area contributed by atoms with Crippen LogP contribution in [0.15, 0.2) is 10.5 Å². The first-order valence-corrected chi connectivity index (χ1v) is 6.59. The molecule has 0 radical (unpaired) electrons. The number of carbonyl (C=O) groups is 1. The Morgan fingerprint density at radius 1 is 1.47 bits per heavy atom. The molecule has 0 bridgehead atoms. The van der Waals surface area contributed by atoms with E-state index in [0.717, 1.165) is 12.3 Å². The Balaban J connectivity index is 2.17. The summed E-state index contributed by atoms with van der Waals surface area (Å²) in [5.74, 6) is 1.51. The zero-order valence-corrected chi connectivity index (χ0v) is 12.1. The van der Waals surface area contributed by atoms with Crippen molar-refractivity contribution in [3.8, 4) is 0 Å². The van der Waals surface area contributed by atoms with Crippen LogP contribution >= 0.6 is 0 Å². The van der Waals surface area contributed by atoms with E-state index in [1.54, 1.807) is 0 Å². The van der Waals surface area contributed by atoms with Gasteiger partial charge in [0.25, 0.3) is 5.91 Å². The van der Waals surface area contributed by atoms with E-state index < -0.39 is 0 Å². The van der Waals surface area contributed by atoms with Crippen LogP contribution in [-0.2, 0) is 4.74 Å². The van der Waals surface area contributed by atoms with Gasteiger partial charge in [-0.3, -0.25) is 4.79 Å². The molecule has 0 aliphatic carbocycles. The molecule has 1 saturated heterocycles. The molecule has 0 N–H and O–H groups in total. The van der Waals surface area contributed by atoms with Gasteiger partial charge in [-0.2, -0.15) is 0 Å². The minimum atomic E-state index is 0.0458. The Labute approximate surface area is 114 Å². The maximum Gasteiger partial charge on any atom is 0.257 e. The van der Waals surface area contributed by atoms with Crippen molar-refractivity contribution in [2.45, 2.75) is 19.9 Å².